The van der Waals surface area contributed by atoms with E-state index in [0.717, 1.165) is 54.5 Å². The van der Waals surface area contributed by atoms with Crippen molar-refractivity contribution in [3.63, 3.8) is 0 Å². The molecule has 1 atom stereocenters. The van der Waals surface area contributed by atoms with Crippen molar-refractivity contribution in [1.29, 1.82) is 0 Å². The predicted molar refractivity (Wildman–Crippen MR) is 135 cm³/mol. The topological polar surface area (TPSA) is 73.1 Å². The van der Waals surface area contributed by atoms with Gasteiger partial charge < -0.3 is 24.4 Å². The molecule has 0 radical (unpaired) electrons. The molecule has 176 valence electrons. The molecule has 1 aliphatic heterocycles. The first-order valence-electron chi connectivity index (χ1n) is 11.1. The van der Waals surface area contributed by atoms with Gasteiger partial charge in [0.2, 0.25) is 0 Å². The standard InChI is InChI=1S/C23H33N5O3.HI/c1-24-23(28-10-11-30-22(16-28)18-14-26-27(2)15-18)25-13-17-8-9-20(29-3)12-21(17)31-19-6-4-5-7-19;/h8-9,12,14-15,19,22H,4-7,10-11,13,16H2,1-3H3,(H,24,25);1H. The summed E-state index contributed by atoms with van der Waals surface area (Å²) in [6.45, 7) is 2.82. The Hall–Kier alpha value is -2.01. The van der Waals surface area contributed by atoms with Crippen LogP contribution in [0.4, 0.5) is 0 Å². The van der Waals surface area contributed by atoms with Gasteiger partial charge in [0.25, 0.3) is 0 Å². The number of guanidine groups is 1. The number of aliphatic imine (C=N–C) groups is 1. The van der Waals surface area contributed by atoms with Gasteiger partial charge in [0.05, 0.1) is 32.6 Å². The predicted octanol–water partition coefficient (Wildman–Crippen LogP) is 3.52. The number of methoxy groups -OCH3 is 1. The maximum absolute atomic E-state index is 6.33. The van der Waals surface area contributed by atoms with E-state index < -0.39 is 0 Å². The summed E-state index contributed by atoms with van der Waals surface area (Å²) in [5, 5.41) is 7.79. The number of aromatic nitrogens is 2. The molecule has 2 heterocycles. The van der Waals surface area contributed by atoms with Crippen molar-refractivity contribution in [2.75, 3.05) is 33.9 Å². The van der Waals surface area contributed by atoms with Crippen LogP contribution in [0.3, 0.4) is 0 Å². The van der Waals surface area contributed by atoms with E-state index in [2.05, 4.69) is 26.4 Å². The van der Waals surface area contributed by atoms with E-state index in [1.165, 1.54) is 12.8 Å². The highest BCUT2D eigenvalue weighted by atomic mass is 127. The second-order valence-corrected chi connectivity index (χ2v) is 8.15. The first-order chi connectivity index (χ1) is 15.2. The maximum Gasteiger partial charge on any atom is 0.194 e. The van der Waals surface area contributed by atoms with E-state index in [-0.39, 0.29) is 30.1 Å². The van der Waals surface area contributed by atoms with Gasteiger partial charge in [0, 0.05) is 50.6 Å². The van der Waals surface area contributed by atoms with Crippen LogP contribution >= 0.6 is 24.0 Å². The van der Waals surface area contributed by atoms with Crippen molar-refractivity contribution in [1.82, 2.24) is 20.0 Å². The number of morpholine rings is 1. The van der Waals surface area contributed by atoms with Gasteiger partial charge in [-0.15, -0.1) is 24.0 Å². The number of rotatable bonds is 6. The first kappa shape index (κ1) is 24.6. The molecule has 0 spiro atoms. The quantitative estimate of drug-likeness (QED) is 0.334. The number of ether oxygens (including phenoxy) is 3. The van der Waals surface area contributed by atoms with Crippen LogP contribution in [0.1, 0.15) is 42.9 Å². The number of hydrogen-bond donors (Lipinski definition) is 1. The van der Waals surface area contributed by atoms with Crippen molar-refractivity contribution in [2.45, 2.75) is 44.4 Å². The van der Waals surface area contributed by atoms with Gasteiger partial charge in [-0.25, -0.2) is 0 Å². The number of halogens is 1. The van der Waals surface area contributed by atoms with Crippen LogP contribution in [0, 0.1) is 0 Å². The lowest BCUT2D eigenvalue weighted by Gasteiger charge is -2.34. The molecule has 1 saturated carbocycles. The molecule has 1 N–H and O–H groups in total. The summed E-state index contributed by atoms with van der Waals surface area (Å²) in [6.07, 6.45) is 8.88. The number of benzene rings is 1. The molecule has 9 heteroatoms. The Morgan fingerprint density at radius 2 is 2.12 bits per heavy atom. The van der Waals surface area contributed by atoms with Crippen LogP contribution in [0.2, 0.25) is 0 Å². The minimum atomic E-state index is -0.0109. The number of nitrogens with one attached hydrogen (secondary N) is 1. The van der Waals surface area contributed by atoms with Gasteiger partial charge in [0.1, 0.15) is 17.6 Å². The normalized spacial score (nSPS) is 19.5. The molecule has 4 rings (SSSR count). The van der Waals surface area contributed by atoms with Crippen LogP contribution in [-0.2, 0) is 18.3 Å². The summed E-state index contributed by atoms with van der Waals surface area (Å²) in [5.74, 6) is 2.57. The average molecular weight is 555 g/mol. The van der Waals surface area contributed by atoms with Gasteiger partial charge in [-0.3, -0.25) is 9.67 Å². The van der Waals surface area contributed by atoms with E-state index in [1.54, 1.807) is 11.8 Å². The second kappa shape index (κ2) is 11.7. The lowest BCUT2D eigenvalue weighted by Crippen LogP contribution is -2.47. The molecule has 2 aliphatic rings. The SMILES string of the molecule is CN=C(NCc1ccc(OC)cc1OC1CCCC1)N1CCOC(c2cnn(C)c2)C1.I. The highest BCUT2D eigenvalue weighted by Gasteiger charge is 2.25. The smallest absolute Gasteiger partial charge is 0.194 e. The van der Waals surface area contributed by atoms with Crippen molar-refractivity contribution in [2.24, 2.45) is 12.0 Å². The third-order valence-electron chi connectivity index (χ3n) is 5.98. The minimum Gasteiger partial charge on any atom is -0.497 e. The van der Waals surface area contributed by atoms with E-state index in [4.69, 9.17) is 14.2 Å². The molecule has 8 nitrogen and oxygen atoms in total. The Balaban J connectivity index is 0.00000289. The van der Waals surface area contributed by atoms with Crippen LogP contribution in [0.25, 0.3) is 0 Å². The highest BCUT2D eigenvalue weighted by molar-refractivity contribution is 14.0. The van der Waals surface area contributed by atoms with Crippen LogP contribution < -0.4 is 14.8 Å². The highest BCUT2D eigenvalue weighted by Crippen LogP contribution is 2.30. The van der Waals surface area contributed by atoms with Crippen LogP contribution in [-0.4, -0.2) is 60.6 Å². The Morgan fingerprint density at radius 3 is 2.81 bits per heavy atom. The second-order valence-electron chi connectivity index (χ2n) is 8.15. The van der Waals surface area contributed by atoms with Gasteiger partial charge in [-0.2, -0.15) is 5.10 Å². The van der Waals surface area contributed by atoms with Crippen molar-refractivity contribution >= 4 is 29.9 Å². The fourth-order valence-electron chi connectivity index (χ4n) is 4.26. The lowest BCUT2D eigenvalue weighted by atomic mass is 10.1. The first-order valence-corrected chi connectivity index (χ1v) is 11.1. The summed E-state index contributed by atoms with van der Waals surface area (Å²) < 4.78 is 19.5. The van der Waals surface area contributed by atoms with E-state index >= 15 is 0 Å². The van der Waals surface area contributed by atoms with Gasteiger partial charge in [-0.05, 0) is 37.8 Å². The van der Waals surface area contributed by atoms with Crippen molar-refractivity contribution in [3.8, 4) is 11.5 Å². The lowest BCUT2D eigenvalue weighted by molar-refractivity contribution is -0.00805. The van der Waals surface area contributed by atoms with Crippen molar-refractivity contribution in [3.05, 3.63) is 41.7 Å². The molecular weight excluding hydrogens is 521 g/mol. The number of hydrogen-bond acceptors (Lipinski definition) is 5. The molecule has 1 saturated heterocycles. The molecule has 2 fully saturated rings. The summed E-state index contributed by atoms with van der Waals surface area (Å²) in [7, 11) is 5.43. The van der Waals surface area contributed by atoms with Crippen molar-refractivity contribution < 1.29 is 14.2 Å². The Bertz CT molecular complexity index is 898. The Morgan fingerprint density at radius 1 is 1.31 bits per heavy atom. The van der Waals surface area contributed by atoms with Crippen LogP contribution in [0.15, 0.2) is 35.6 Å². The largest absolute Gasteiger partial charge is 0.497 e. The van der Waals surface area contributed by atoms with E-state index in [0.29, 0.717) is 19.3 Å². The Kier molecular flexibility index (Phi) is 9.03. The van der Waals surface area contributed by atoms with Gasteiger partial charge in [-0.1, -0.05) is 0 Å². The average Bonchev–Trinajstić information content (AvgIpc) is 3.47. The summed E-state index contributed by atoms with van der Waals surface area (Å²) in [5.41, 5.74) is 2.19. The fourth-order valence-corrected chi connectivity index (χ4v) is 4.26. The maximum atomic E-state index is 6.33. The molecule has 0 bridgehead atoms. The zero-order chi connectivity index (χ0) is 21.6. The summed E-state index contributed by atoms with van der Waals surface area (Å²) >= 11 is 0. The third-order valence-corrected chi connectivity index (χ3v) is 5.98. The van der Waals surface area contributed by atoms with Gasteiger partial charge in [0.15, 0.2) is 5.96 Å². The molecular formula is C23H34IN5O3. The Labute approximate surface area is 207 Å². The van der Waals surface area contributed by atoms with Gasteiger partial charge >= 0.3 is 0 Å². The molecule has 1 aromatic heterocycles. The zero-order valence-corrected chi connectivity index (χ0v) is 21.5. The zero-order valence-electron chi connectivity index (χ0n) is 19.1. The third kappa shape index (κ3) is 6.06. The summed E-state index contributed by atoms with van der Waals surface area (Å²) in [6, 6.07) is 6.04. The number of nitrogens with zero attached hydrogens (tertiary/aromatic N) is 4. The molecule has 1 aliphatic carbocycles. The van der Waals surface area contributed by atoms with E-state index in [9.17, 15) is 0 Å². The molecule has 2 aromatic rings. The number of aryl methyl sites for hydroxylation is 1. The molecule has 1 unspecified atom stereocenters. The molecule has 32 heavy (non-hydrogen) atoms. The molecule has 0 amide bonds. The monoisotopic (exact) mass is 555 g/mol. The molecule has 1 aromatic carbocycles. The minimum absolute atomic E-state index is 0. The van der Waals surface area contributed by atoms with Crippen LogP contribution in [0.5, 0.6) is 11.5 Å². The van der Waals surface area contributed by atoms with E-state index in [1.807, 2.05) is 38.6 Å². The summed E-state index contributed by atoms with van der Waals surface area (Å²) in [4.78, 5) is 6.75. The fraction of sp³-hybridized carbons (Fsp3) is 0.565.